The lowest BCUT2D eigenvalue weighted by Crippen LogP contribution is -2.39. The van der Waals surface area contributed by atoms with E-state index in [1.54, 1.807) is 0 Å². The highest BCUT2D eigenvalue weighted by Crippen LogP contribution is 2.32. The standard InChI is InChI=1S/C9H19NO/c1-3-9(6-11)10-7(2)8-4-5-8/h7-11H,3-6H2,1-2H3/t7?,9-/m1/s1. The van der Waals surface area contributed by atoms with Crippen LogP contribution in [0.4, 0.5) is 0 Å². The van der Waals surface area contributed by atoms with Crippen molar-refractivity contribution in [1.82, 2.24) is 5.32 Å². The molecule has 0 aromatic carbocycles. The summed E-state index contributed by atoms with van der Waals surface area (Å²) in [6, 6.07) is 0.915. The number of hydrogen-bond donors (Lipinski definition) is 2. The molecule has 0 heterocycles. The Hall–Kier alpha value is -0.0800. The van der Waals surface area contributed by atoms with Gasteiger partial charge in [-0.3, -0.25) is 0 Å². The average Bonchev–Trinajstić information content (AvgIpc) is 2.81. The second-order valence-corrected chi connectivity index (χ2v) is 3.58. The number of hydrogen-bond acceptors (Lipinski definition) is 2. The van der Waals surface area contributed by atoms with Gasteiger partial charge >= 0.3 is 0 Å². The number of aliphatic hydroxyl groups excluding tert-OH is 1. The van der Waals surface area contributed by atoms with Gasteiger partial charge in [0, 0.05) is 12.1 Å². The molecule has 1 rings (SSSR count). The number of aliphatic hydroxyl groups is 1. The summed E-state index contributed by atoms with van der Waals surface area (Å²) >= 11 is 0. The van der Waals surface area contributed by atoms with E-state index in [4.69, 9.17) is 5.11 Å². The molecule has 0 radical (unpaired) electrons. The van der Waals surface area contributed by atoms with Crippen LogP contribution in [-0.2, 0) is 0 Å². The Bertz CT molecular complexity index is 108. The van der Waals surface area contributed by atoms with Crippen molar-refractivity contribution in [2.24, 2.45) is 5.92 Å². The molecule has 0 aromatic heterocycles. The maximum absolute atomic E-state index is 8.91. The third-order valence-corrected chi connectivity index (χ3v) is 2.54. The van der Waals surface area contributed by atoms with Gasteiger partial charge < -0.3 is 10.4 Å². The molecule has 0 amide bonds. The van der Waals surface area contributed by atoms with Crippen molar-refractivity contribution in [2.45, 2.75) is 45.2 Å². The van der Waals surface area contributed by atoms with E-state index in [1.807, 2.05) is 0 Å². The quantitative estimate of drug-likeness (QED) is 0.627. The van der Waals surface area contributed by atoms with Crippen molar-refractivity contribution in [1.29, 1.82) is 0 Å². The molecule has 2 nitrogen and oxygen atoms in total. The monoisotopic (exact) mass is 157 g/mol. The first-order chi connectivity index (χ1) is 5.27. The first-order valence-corrected chi connectivity index (χ1v) is 4.64. The molecule has 1 saturated carbocycles. The third kappa shape index (κ3) is 2.80. The fraction of sp³-hybridized carbons (Fsp3) is 1.00. The Morgan fingerprint density at radius 2 is 2.18 bits per heavy atom. The zero-order valence-corrected chi connectivity index (χ0v) is 7.51. The van der Waals surface area contributed by atoms with Crippen molar-refractivity contribution < 1.29 is 5.11 Å². The summed E-state index contributed by atoms with van der Waals surface area (Å²) < 4.78 is 0. The van der Waals surface area contributed by atoms with Crippen LogP contribution in [0.25, 0.3) is 0 Å². The SMILES string of the molecule is CC[C@H](CO)NC(C)C1CC1. The van der Waals surface area contributed by atoms with Crippen molar-refractivity contribution in [3.8, 4) is 0 Å². The predicted octanol–water partition coefficient (Wildman–Crippen LogP) is 1.15. The normalized spacial score (nSPS) is 23.2. The van der Waals surface area contributed by atoms with E-state index in [0.717, 1.165) is 12.3 Å². The minimum atomic E-state index is 0.271. The molecule has 2 atom stereocenters. The molecule has 66 valence electrons. The highest BCUT2D eigenvalue weighted by atomic mass is 16.3. The molecule has 0 spiro atoms. The van der Waals surface area contributed by atoms with Crippen molar-refractivity contribution >= 4 is 0 Å². The Balaban J connectivity index is 2.15. The van der Waals surface area contributed by atoms with Crippen LogP contribution < -0.4 is 5.32 Å². The van der Waals surface area contributed by atoms with Gasteiger partial charge in [0.05, 0.1) is 6.61 Å². The Labute approximate surface area is 69.0 Å². The van der Waals surface area contributed by atoms with E-state index in [9.17, 15) is 0 Å². The zero-order valence-electron chi connectivity index (χ0n) is 7.51. The number of rotatable bonds is 5. The molecule has 2 heteroatoms. The van der Waals surface area contributed by atoms with Crippen LogP contribution >= 0.6 is 0 Å². The molecule has 0 aromatic rings. The molecule has 0 bridgehead atoms. The first kappa shape index (κ1) is 9.01. The van der Waals surface area contributed by atoms with Crippen molar-refractivity contribution in [3.63, 3.8) is 0 Å². The van der Waals surface area contributed by atoms with Crippen LogP contribution in [0.3, 0.4) is 0 Å². The largest absolute Gasteiger partial charge is 0.395 e. The molecule has 1 fully saturated rings. The van der Waals surface area contributed by atoms with Gasteiger partial charge in [-0.25, -0.2) is 0 Å². The summed E-state index contributed by atoms with van der Waals surface area (Å²) in [5, 5.41) is 12.3. The van der Waals surface area contributed by atoms with E-state index in [0.29, 0.717) is 12.1 Å². The smallest absolute Gasteiger partial charge is 0.0584 e. The van der Waals surface area contributed by atoms with Gasteiger partial charge in [-0.05, 0) is 32.1 Å². The highest BCUT2D eigenvalue weighted by molar-refractivity contribution is 4.85. The minimum Gasteiger partial charge on any atom is -0.395 e. The topological polar surface area (TPSA) is 32.3 Å². The molecule has 1 aliphatic rings. The zero-order chi connectivity index (χ0) is 8.27. The molecular weight excluding hydrogens is 138 g/mol. The molecular formula is C9H19NO. The summed E-state index contributed by atoms with van der Waals surface area (Å²) in [6.45, 7) is 4.59. The fourth-order valence-corrected chi connectivity index (χ4v) is 1.40. The van der Waals surface area contributed by atoms with Crippen LogP contribution in [-0.4, -0.2) is 23.8 Å². The van der Waals surface area contributed by atoms with Gasteiger partial charge in [-0.15, -0.1) is 0 Å². The van der Waals surface area contributed by atoms with Gasteiger partial charge in [0.1, 0.15) is 0 Å². The van der Waals surface area contributed by atoms with E-state index in [1.165, 1.54) is 12.8 Å². The van der Waals surface area contributed by atoms with Crippen LogP contribution in [0, 0.1) is 5.92 Å². The van der Waals surface area contributed by atoms with Gasteiger partial charge in [0.15, 0.2) is 0 Å². The maximum Gasteiger partial charge on any atom is 0.0584 e. The minimum absolute atomic E-state index is 0.271. The van der Waals surface area contributed by atoms with E-state index in [2.05, 4.69) is 19.2 Å². The van der Waals surface area contributed by atoms with Crippen LogP contribution in [0.5, 0.6) is 0 Å². The molecule has 1 unspecified atom stereocenters. The van der Waals surface area contributed by atoms with Crippen molar-refractivity contribution in [3.05, 3.63) is 0 Å². The van der Waals surface area contributed by atoms with E-state index < -0.39 is 0 Å². The lowest BCUT2D eigenvalue weighted by molar-refractivity contribution is 0.226. The molecule has 2 N–H and O–H groups in total. The Kier molecular flexibility index (Phi) is 3.34. The first-order valence-electron chi connectivity index (χ1n) is 4.64. The third-order valence-electron chi connectivity index (χ3n) is 2.54. The molecule has 1 aliphatic carbocycles. The average molecular weight is 157 g/mol. The molecule has 0 aliphatic heterocycles. The summed E-state index contributed by atoms with van der Waals surface area (Å²) in [7, 11) is 0. The summed E-state index contributed by atoms with van der Waals surface area (Å²) in [6.07, 6.45) is 3.76. The van der Waals surface area contributed by atoms with E-state index in [-0.39, 0.29) is 6.61 Å². The molecule has 11 heavy (non-hydrogen) atoms. The Morgan fingerprint density at radius 1 is 1.55 bits per heavy atom. The maximum atomic E-state index is 8.91. The number of nitrogens with one attached hydrogen (secondary N) is 1. The summed E-state index contributed by atoms with van der Waals surface area (Å²) in [4.78, 5) is 0. The fourth-order valence-electron chi connectivity index (χ4n) is 1.40. The van der Waals surface area contributed by atoms with E-state index >= 15 is 0 Å². The molecule has 0 saturated heterocycles. The summed E-state index contributed by atoms with van der Waals surface area (Å²) in [5.74, 6) is 0.885. The second-order valence-electron chi connectivity index (χ2n) is 3.58. The Morgan fingerprint density at radius 3 is 2.55 bits per heavy atom. The van der Waals surface area contributed by atoms with Crippen LogP contribution in [0.1, 0.15) is 33.1 Å². The van der Waals surface area contributed by atoms with Crippen molar-refractivity contribution in [2.75, 3.05) is 6.61 Å². The second kappa shape index (κ2) is 4.07. The predicted molar refractivity (Wildman–Crippen MR) is 46.5 cm³/mol. The van der Waals surface area contributed by atoms with Crippen LogP contribution in [0.15, 0.2) is 0 Å². The van der Waals surface area contributed by atoms with Crippen LogP contribution in [0.2, 0.25) is 0 Å². The van der Waals surface area contributed by atoms with Gasteiger partial charge in [-0.1, -0.05) is 6.92 Å². The highest BCUT2D eigenvalue weighted by Gasteiger charge is 2.28. The lowest BCUT2D eigenvalue weighted by atomic mass is 10.1. The summed E-state index contributed by atoms with van der Waals surface area (Å²) in [5.41, 5.74) is 0. The van der Waals surface area contributed by atoms with Gasteiger partial charge in [0.25, 0.3) is 0 Å². The van der Waals surface area contributed by atoms with Gasteiger partial charge in [-0.2, -0.15) is 0 Å². The van der Waals surface area contributed by atoms with Gasteiger partial charge in [0.2, 0.25) is 0 Å². The lowest BCUT2D eigenvalue weighted by Gasteiger charge is -2.19.